The molecule has 0 bridgehead atoms. The zero-order chi connectivity index (χ0) is 16.2. The van der Waals surface area contributed by atoms with Gasteiger partial charge in [-0.1, -0.05) is 0 Å². The van der Waals surface area contributed by atoms with Crippen molar-refractivity contribution in [3.8, 4) is 0 Å². The summed E-state index contributed by atoms with van der Waals surface area (Å²) in [6.07, 6.45) is 0. The first-order chi connectivity index (χ1) is 8.49. The van der Waals surface area contributed by atoms with E-state index < -0.39 is 0 Å². The largest absolute Gasteiger partial charge is 0.444 e. The standard InChI is InChI=1S/6HNO2.Ni/c6*2-1-3;/h6*(H,2,3);/p-6. The van der Waals surface area contributed by atoms with Gasteiger partial charge in [-0.2, -0.15) is 0 Å². The average Bonchev–Trinajstić information content (AvgIpc) is 2.23. The van der Waals surface area contributed by atoms with Crippen LogP contribution in [0, 0.1) is 60.7 Å². The first-order valence-electron chi connectivity index (χ1n) is 2.19. The monoisotopic (exact) mass is 334 g/mol. The summed E-state index contributed by atoms with van der Waals surface area (Å²) >= 11 is 0. The SMILES string of the molecule is O=N[O-].O=N[O-].O=N[O-].O=N[O-].O=N[O-].O=N[O-].[Ni]. The van der Waals surface area contributed by atoms with Crippen LogP contribution in [-0.4, -0.2) is 0 Å². The molecule has 0 aliphatic heterocycles. The molecule has 0 aliphatic carbocycles. The van der Waals surface area contributed by atoms with Crippen molar-refractivity contribution in [2.45, 2.75) is 0 Å². The van der Waals surface area contributed by atoms with E-state index in [9.17, 15) is 0 Å². The Bertz CT molecular complexity index is 114. The molecule has 0 atom stereocenters. The topological polar surface area (TPSA) is 315 Å². The minimum absolute atomic E-state index is 0. The van der Waals surface area contributed by atoms with Gasteiger partial charge in [-0.3, -0.25) is 0 Å². The minimum Gasteiger partial charge on any atom is -0.444 e. The number of hydrogen-bond donors (Lipinski definition) is 0. The molecule has 18 nitrogen and oxygen atoms in total. The van der Waals surface area contributed by atoms with Crippen molar-refractivity contribution in [2.24, 2.45) is 32.0 Å². The molecule has 0 spiro atoms. The van der Waals surface area contributed by atoms with Gasteiger partial charge >= 0.3 is 0 Å². The summed E-state index contributed by atoms with van der Waals surface area (Å²) in [5.41, 5.74) is 0. The third-order valence-corrected chi connectivity index (χ3v) is 0. The fourth-order valence-corrected chi connectivity index (χ4v) is 0. The molecule has 0 aromatic rings. The van der Waals surface area contributed by atoms with Crippen LogP contribution in [0.2, 0.25) is 0 Å². The number of rotatable bonds is 0. The fraction of sp³-hybridized carbons (Fsp3) is 0. The Kier molecular flexibility index (Phi) is 806. The maximum absolute atomic E-state index is 8.00. The van der Waals surface area contributed by atoms with Crippen molar-refractivity contribution in [1.29, 1.82) is 0 Å². The minimum atomic E-state index is 0. The first-order valence-corrected chi connectivity index (χ1v) is 2.19. The number of hydrogen-bond acceptors (Lipinski definition) is 18. The summed E-state index contributed by atoms with van der Waals surface area (Å²) in [7, 11) is 0. The molecule has 0 aromatic carbocycles. The molecule has 0 radical (unpaired) electrons. The van der Waals surface area contributed by atoms with Crippen LogP contribution in [0.5, 0.6) is 0 Å². The summed E-state index contributed by atoms with van der Waals surface area (Å²) in [6.45, 7) is 0. The van der Waals surface area contributed by atoms with Crippen molar-refractivity contribution in [1.82, 2.24) is 0 Å². The average molecular weight is 335 g/mol. The molecule has 0 rings (SSSR count). The Labute approximate surface area is 110 Å². The van der Waals surface area contributed by atoms with E-state index in [4.69, 9.17) is 60.7 Å². The Morgan fingerprint density at radius 2 is 0.368 bits per heavy atom. The van der Waals surface area contributed by atoms with Crippen molar-refractivity contribution in [3.05, 3.63) is 60.7 Å². The molecular formula is N6NiO12-6. The summed E-state index contributed by atoms with van der Waals surface area (Å²) in [5.74, 6) is 0. The predicted molar refractivity (Wildman–Crippen MR) is 55.0 cm³/mol. The third kappa shape index (κ3) is 257. The van der Waals surface area contributed by atoms with Crippen LogP contribution < -0.4 is 0 Å². The molecule has 0 heterocycles. The summed E-state index contributed by atoms with van der Waals surface area (Å²) in [6, 6.07) is 0. The molecule has 0 aliphatic rings. The fourth-order valence-electron chi connectivity index (χ4n) is 0. The van der Waals surface area contributed by atoms with Gasteiger partial charge in [-0.15, -0.1) is 32.0 Å². The summed E-state index contributed by atoms with van der Waals surface area (Å²) in [5, 5.41) is 54.0. The molecule has 0 N–H and O–H groups in total. The van der Waals surface area contributed by atoms with Gasteiger partial charge in [0.15, 0.2) is 0 Å². The molecule has 0 saturated heterocycles. The smallest absolute Gasteiger partial charge is 0 e. The van der Waals surface area contributed by atoms with Gasteiger partial charge in [0.05, 0.1) is 0 Å². The van der Waals surface area contributed by atoms with Crippen LogP contribution in [0.1, 0.15) is 0 Å². The number of nitrogens with zero attached hydrogens (tertiary/aromatic N) is 6. The Morgan fingerprint density at radius 3 is 0.368 bits per heavy atom. The van der Waals surface area contributed by atoms with Crippen molar-refractivity contribution in [3.63, 3.8) is 0 Å². The van der Waals surface area contributed by atoms with Gasteiger partial charge in [-0.25, -0.2) is 0 Å². The molecule has 19 heavy (non-hydrogen) atoms. The van der Waals surface area contributed by atoms with E-state index in [0.717, 1.165) is 32.0 Å². The van der Waals surface area contributed by atoms with Gasteiger partial charge in [0.2, 0.25) is 0 Å². The molecule has 118 valence electrons. The Hall–Kier alpha value is -3.11. The van der Waals surface area contributed by atoms with Crippen molar-refractivity contribution >= 4 is 0 Å². The van der Waals surface area contributed by atoms with Crippen LogP contribution in [0.15, 0.2) is 32.0 Å². The van der Waals surface area contributed by atoms with Gasteiger partial charge in [0.25, 0.3) is 0 Å². The molecule has 0 unspecified atom stereocenters. The summed E-state index contributed by atoms with van der Waals surface area (Å²) < 4.78 is 0. The zero-order valence-corrected chi connectivity index (χ0v) is 8.89. The zero-order valence-electron chi connectivity index (χ0n) is 7.90. The summed E-state index contributed by atoms with van der Waals surface area (Å²) in [4.78, 5) is 48.0. The quantitative estimate of drug-likeness (QED) is 0.345. The second kappa shape index (κ2) is 343. The van der Waals surface area contributed by atoms with E-state index in [2.05, 4.69) is 0 Å². The van der Waals surface area contributed by atoms with E-state index in [1.165, 1.54) is 0 Å². The van der Waals surface area contributed by atoms with Crippen LogP contribution >= 0.6 is 0 Å². The van der Waals surface area contributed by atoms with Crippen molar-refractivity contribution in [2.75, 3.05) is 0 Å². The van der Waals surface area contributed by atoms with Gasteiger partial charge < -0.3 is 60.7 Å². The molecule has 0 saturated carbocycles. The normalized spacial score (nSPS) is 3.79. The second-order valence-corrected chi connectivity index (χ2v) is 0.447. The molecule has 0 amide bonds. The van der Waals surface area contributed by atoms with E-state index in [1.807, 2.05) is 0 Å². The first kappa shape index (κ1) is 44.6. The van der Waals surface area contributed by atoms with E-state index in [-0.39, 0.29) is 16.5 Å². The Morgan fingerprint density at radius 1 is 0.368 bits per heavy atom. The maximum Gasteiger partial charge on any atom is 0 e. The van der Waals surface area contributed by atoms with Gasteiger partial charge in [0, 0.05) is 16.5 Å². The third-order valence-electron chi connectivity index (χ3n) is 0. The maximum atomic E-state index is 8.00. The predicted octanol–water partition coefficient (Wildman–Crippen LogP) is 1.50. The van der Waals surface area contributed by atoms with Crippen LogP contribution in [0.3, 0.4) is 0 Å². The molecular weight excluding hydrogens is 335 g/mol. The van der Waals surface area contributed by atoms with Crippen LogP contribution in [0.4, 0.5) is 0 Å². The van der Waals surface area contributed by atoms with E-state index >= 15 is 0 Å². The molecule has 0 fully saturated rings. The van der Waals surface area contributed by atoms with Gasteiger partial charge in [-0.05, 0) is 0 Å². The van der Waals surface area contributed by atoms with Crippen LogP contribution in [-0.2, 0) is 16.5 Å². The van der Waals surface area contributed by atoms with Gasteiger partial charge in [0.1, 0.15) is 0 Å². The Balaban J connectivity index is -0.0000000180. The van der Waals surface area contributed by atoms with Crippen LogP contribution in [0.25, 0.3) is 0 Å². The molecule has 19 heteroatoms. The van der Waals surface area contributed by atoms with E-state index in [0.29, 0.717) is 0 Å². The molecule has 0 aromatic heterocycles. The second-order valence-electron chi connectivity index (χ2n) is 0.447. The van der Waals surface area contributed by atoms with Crippen molar-refractivity contribution < 1.29 is 16.5 Å². The van der Waals surface area contributed by atoms with E-state index in [1.54, 1.807) is 0 Å².